The molecule has 3 heterocycles. The number of methoxy groups -OCH3 is 1. The number of carbonyl (C=O) groups is 2. The second kappa shape index (κ2) is 11.1. The lowest BCUT2D eigenvalue weighted by Gasteiger charge is -2.25. The maximum atomic E-state index is 13.8. The Balaban J connectivity index is 1.59. The first kappa shape index (κ1) is 27.4. The van der Waals surface area contributed by atoms with Gasteiger partial charge < -0.3 is 13.9 Å². The van der Waals surface area contributed by atoms with Crippen molar-refractivity contribution < 1.29 is 23.5 Å². The first-order valence-corrected chi connectivity index (χ1v) is 13.6. The molecule has 1 aliphatic heterocycles. The minimum atomic E-state index is -0.741. The largest absolute Gasteiger partial charge is 0.465 e. The molecule has 0 N–H and O–H groups in total. The van der Waals surface area contributed by atoms with E-state index in [-0.39, 0.29) is 11.7 Å². The van der Waals surface area contributed by atoms with Crippen molar-refractivity contribution in [3.05, 3.63) is 114 Å². The highest BCUT2D eigenvalue weighted by Gasteiger charge is 2.33. The molecule has 0 saturated heterocycles. The van der Waals surface area contributed by atoms with Crippen LogP contribution >= 0.6 is 22.9 Å². The molecule has 40 heavy (non-hydrogen) atoms. The van der Waals surface area contributed by atoms with E-state index in [2.05, 4.69) is 4.99 Å². The fourth-order valence-corrected chi connectivity index (χ4v) is 5.61. The van der Waals surface area contributed by atoms with Crippen LogP contribution in [0.5, 0.6) is 0 Å². The molecule has 10 heteroatoms. The summed E-state index contributed by atoms with van der Waals surface area (Å²) >= 11 is 7.32. The lowest BCUT2D eigenvalue weighted by atomic mass is 9.96. The topological polar surface area (TPSA) is 100 Å². The van der Waals surface area contributed by atoms with Crippen LogP contribution < -0.4 is 14.9 Å². The summed E-state index contributed by atoms with van der Waals surface area (Å²) in [6, 6.07) is 16.7. The summed E-state index contributed by atoms with van der Waals surface area (Å²) in [5, 5.41) is 0.536. The van der Waals surface area contributed by atoms with Gasteiger partial charge in [-0.1, -0.05) is 47.2 Å². The summed E-state index contributed by atoms with van der Waals surface area (Å²) < 4.78 is 18.2. The average Bonchev–Trinajstić information content (AvgIpc) is 3.52. The minimum absolute atomic E-state index is 0.292. The van der Waals surface area contributed by atoms with Gasteiger partial charge in [-0.3, -0.25) is 9.36 Å². The maximum Gasteiger partial charge on any atom is 0.338 e. The summed E-state index contributed by atoms with van der Waals surface area (Å²) in [5.41, 5.74) is 2.24. The number of hydrogen-bond donors (Lipinski definition) is 0. The molecule has 0 amide bonds. The maximum absolute atomic E-state index is 13.8. The van der Waals surface area contributed by atoms with E-state index < -0.39 is 18.0 Å². The molecule has 2 aromatic carbocycles. The number of allylic oxidation sites excluding steroid dienone is 1. The number of fused-ring (bicyclic) bond motifs is 1. The number of esters is 2. The van der Waals surface area contributed by atoms with E-state index in [1.165, 1.54) is 23.0 Å². The molecule has 8 nitrogen and oxygen atoms in total. The van der Waals surface area contributed by atoms with Crippen LogP contribution in [0.3, 0.4) is 0 Å². The van der Waals surface area contributed by atoms with Crippen LogP contribution in [0, 0.1) is 0 Å². The van der Waals surface area contributed by atoms with Gasteiger partial charge in [0.1, 0.15) is 11.5 Å². The Morgan fingerprint density at radius 3 is 2.55 bits per heavy atom. The van der Waals surface area contributed by atoms with Gasteiger partial charge in [-0.15, -0.1) is 0 Å². The van der Waals surface area contributed by atoms with E-state index in [0.717, 1.165) is 0 Å². The van der Waals surface area contributed by atoms with Crippen molar-refractivity contribution in [3.63, 3.8) is 0 Å². The van der Waals surface area contributed by atoms with Crippen LogP contribution in [0.1, 0.15) is 48.5 Å². The molecule has 0 radical (unpaired) electrons. The number of carbonyl (C=O) groups excluding carboxylic acids is 2. The summed E-state index contributed by atoms with van der Waals surface area (Å²) in [5.74, 6) is -0.00688. The van der Waals surface area contributed by atoms with Crippen molar-refractivity contribution in [1.82, 2.24) is 4.57 Å². The lowest BCUT2D eigenvalue weighted by Crippen LogP contribution is -2.40. The van der Waals surface area contributed by atoms with Gasteiger partial charge in [0, 0.05) is 16.7 Å². The van der Waals surface area contributed by atoms with E-state index in [9.17, 15) is 14.4 Å². The third-order valence-electron chi connectivity index (χ3n) is 6.24. The van der Waals surface area contributed by atoms with E-state index in [1.807, 2.05) is 6.07 Å². The Kier molecular flexibility index (Phi) is 7.60. The zero-order chi connectivity index (χ0) is 28.6. The number of thiazole rings is 1. The number of halogens is 1. The number of benzene rings is 2. The Morgan fingerprint density at radius 1 is 1.10 bits per heavy atom. The molecule has 5 rings (SSSR count). The Bertz CT molecular complexity index is 1830. The van der Waals surface area contributed by atoms with Crippen LogP contribution in [0.25, 0.3) is 17.4 Å². The van der Waals surface area contributed by atoms with Gasteiger partial charge in [0.2, 0.25) is 0 Å². The molecule has 0 bridgehead atoms. The highest BCUT2D eigenvalue weighted by Crippen LogP contribution is 2.31. The van der Waals surface area contributed by atoms with E-state index >= 15 is 0 Å². The summed E-state index contributed by atoms with van der Waals surface area (Å²) in [6.45, 7) is 5.27. The Hall–Kier alpha value is -4.21. The van der Waals surface area contributed by atoms with Gasteiger partial charge >= 0.3 is 11.9 Å². The third-order valence-corrected chi connectivity index (χ3v) is 7.47. The molecular formula is C30H25ClN2O6S. The monoisotopic (exact) mass is 576 g/mol. The average molecular weight is 577 g/mol. The molecule has 0 spiro atoms. The number of rotatable bonds is 6. The number of furan rings is 1. The highest BCUT2D eigenvalue weighted by molar-refractivity contribution is 7.07. The van der Waals surface area contributed by atoms with Crippen molar-refractivity contribution in [2.45, 2.75) is 32.9 Å². The zero-order valence-electron chi connectivity index (χ0n) is 22.1. The normalized spacial score (nSPS) is 15.2. The number of hydrogen-bond acceptors (Lipinski definition) is 8. The van der Waals surface area contributed by atoms with Crippen LogP contribution in [-0.4, -0.2) is 29.7 Å². The second-order valence-corrected chi connectivity index (χ2v) is 10.8. The number of aromatic nitrogens is 1. The quantitative estimate of drug-likeness (QED) is 0.303. The standard InChI is InChI=1S/C30H25ClN2O6S/c1-16(2)38-29(36)25-17(3)32-30-33(26(25)18-8-10-21(31)11-9-18)27(34)24(40-30)15-22-12-13-23(39-22)19-6-5-7-20(14-19)28(35)37-4/h5-16,26H,1-4H3/b24-15-. The molecule has 0 aliphatic carbocycles. The van der Waals surface area contributed by atoms with Gasteiger partial charge in [-0.2, -0.15) is 0 Å². The Morgan fingerprint density at radius 2 is 1.85 bits per heavy atom. The lowest BCUT2D eigenvalue weighted by molar-refractivity contribution is -0.143. The van der Waals surface area contributed by atoms with Gasteiger partial charge in [-0.05, 0) is 62.7 Å². The molecule has 1 atom stereocenters. The van der Waals surface area contributed by atoms with Gasteiger partial charge in [0.15, 0.2) is 4.80 Å². The molecule has 0 fully saturated rings. The van der Waals surface area contributed by atoms with Crippen molar-refractivity contribution in [2.75, 3.05) is 7.11 Å². The van der Waals surface area contributed by atoms with Crippen molar-refractivity contribution in [1.29, 1.82) is 0 Å². The first-order chi connectivity index (χ1) is 19.2. The van der Waals surface area contributed by atoms with Crippen molar-refractivity contribution in [2.24, 2.45) is 4.99 Å². The second-order valence-electron chi connectivity index (χ2n) is 9.36. The van der Waals surface area contributed by atoms with Crippen LogP contribution in [0.2, 0.25) is 5.02 Å². The van der Waals surface area contributed by atoms with E-state index in [1.54, 1.807) is 81.4 Å². The molecule has 4 aromatic rings. The van der Waals surface area contributed by atoms with Crippen molar-refractivity contribution >= 4 is 41.0 Å². The predicted molar refractivity (Wildman–Crippen MR) is 152 cm³/mol. The van der Waals surface area contributed by atoms with Gasteiger partial charge in [0.25, 0.3) is 5.56 Å². The predicted octanol–water partition coefficient (Wildman–Crippen LogP) is 4.89. The van der Waals surface area contributed by atoms with Gasteiger partial charge in [-0.25, -0.2) is 14.6 Å². The van der Waals surface area contributed by atoms with Crippen LogP contribution in [0.4, 0.5) is 0 Å². The first-order valence-electron chi connectivity index (χ1n) is 12.4. The summed E-state index contributed by atoms with van der Waals surface area (Å²) in [4.78, 5) is 43.9. The molecule has 2 aromatic heterocycles. The number of nitrogens with zero attached hydrogens (tertiary/aromatic N) is 2. The smallest absolute Gasteiger partial charge is 0.338 e. The fourth-order valence-electron chi connectivity index (χ4n) is 4.45. The SMILES string of the molecule is COC(=O)c1cccc(-c2ccc(/C=c3\sc4n(c3=O)C(c3ccc(Cl)cc3)C(C(=O)OC(C)C)=C(C)N=4)o2)c1. The molecule has 1 unspecified atom stereocenters. The molecule has 1 aliphatic rings. The van der Waals surface area contributed by atoms with Gasteiger partial charge in [0.05, 0.1) is 40.6 Å². The highest BCUT2D eigenvalue weighted by atomic mass is 35.5. The van der Waals surface area contributed by atoms with Crippen molar-refractivity contribution in [3.8, 4) is 11.3 Å². The molecule has 0 saturated carbocycles. The fraction of sp³-hybridized carbons (Fsp3) is 0.200. The van der Waals surface area contributed by atoms with E-state index in [0.29, 0.717) is 53.8 Å². The van der Waals surface area contributed by atoms with Crippen LogP contribution in [-0.2, 0) is 14.3 Å². The summed E-state index contributed by atoms with van der Waals surface area (Å²) in [6.07, 6.45) is 1.30. The molecule has 204 valence electrons. The zero-order valence-corrected chi connectivity index (χ0v) is 23.7. The Labute approximate surface area is 238 Å². The number of ether oxygens (including phenoxy) is 2. The molecular weight excluding hydrogens is 552 g/mol. The third kappa shape index (κ3) is 5.30. The van der Waals surface area contributed by atoms with Crippen LogP contribution in [0.15, 0.2) is 86.1 Å². The minimum Gasteiger partial charge on any atom is -0.465 e. The van der Waals surface area contributed by atoms with E-state index in [4.69, 9.17) is 25.5 Å². The summed E-state index contributed by atoms with van der Waals surface area (Å²) in [7, 11) is 1.32.